The fourth-order valence-corrected chi connectivity index (χ4v) is 2.97. The van der Waals surface area contributed by atoms with Gasteiger partial charge in [0, 0.05) is 6.54 Å². The number of carbonyl (C=O) groups is 3. The highest BCUT2D eigenvalue weighted by atomic mass is 16.6. The van der Waals surface area contributed by atoms with Gasteiger partial charge in [-0.3, -0.25) is 9.69 Å². The molecule has 31 heavy (non-hydrogen) atoms. The lowest BCUT2D eigenvalue weighted by atomic mass is 9.93. The molecule has 2 amide bonds. The van der Waals surface area contributed by atoms with Crippen LogP contribution in [0.4, 0.5) is 4.79 Å². The van der Waals surface area contributed by atoms with Gasteiger partial charge < -0.3 is 19.9 Å². The topological polar surface area (TPSA) is 105 Å². The minimum Gasteiger partial charge on any atom is -0.459 e. The third-order valence-electron chi connectivity index (χ3n) is 4.94. The van der Waals surface area contributed by atoms with Gasteiger partial charge in [0.15, 0.2) is 6.04 Å². The van der Waals surface area contributed by atoms with E-state index >= 15 is 0 Å². The van der Waals surface area contributed by atoms with Crippen LogP contribution in [0.1, 0.15) is 46.6 Å². The predicted molar refractivity (Wildman–Crippen MR) is 115 cm³/mol. The molecule has 170 valence electrons. The number of esters is 1. The van der Waals surface area contributed by atoms with E-state index in [9.17, 15) is 19.5 Å². The summed E-state index contributed by atoms with van der Waals surface area (Å²) in [7, 11) is 0. The Morgan fingerprint density at radius 2 is 1.84 bits per heavy atom. The van der Waals surface area contributed by atoms with Gasteiger partial charge in [-0.05, 0) is 39.7 Å². The summed E-state index contributed by atoms with van der Waals surface area (Å²) in [6.45, 7) is 8.59. The number of hydrogen-bond donors (Lipinski definition) is 2. The van der Waals surface area contributed by atoms with E-state index in [0.29, 0.717) is 0 Å². The third-order valence-corrected chi connectivity index (χ3v) is 4.94. The first kappa shape index (κ1) is 24.4. The van der Waals surface area contributed by atoms with Gasteiger partial charge in [0.1, 0.15) is 18.2 Å². The number of rotatable bonds is 7. The largest absolute Gasteiger partial charge is 0.459 e. The Kier molecular flexibility index (Phi) is 7.84. The smallest absolute Gasteiger partial charge is 0.411 e. The summed E-state index contributed by atoms with van der Waals surface area (Å²) in [4.78, 5) is 39.4. The van der Waals surface area contributed by atoms with Gasteiger partial charge in [-0.1, -0.05) is 49.4 Å². The number of aliphatic hydroxyl groups is 1. The predicted octanol–water partition coefficient (Wildman–Crippen LogP) is 2.55. The summed E-state index contributed by atoms with van der Waals surface area (Å²) in [5, 5.41) is 13.3. The lowest BCUT2D eigenvalue weighted by Gasteiger charge is -2.33. The molecule has 0 radical (unpaired) electrons. The summed E-state index contributed by atoms with van der Waals surface area (Å²) >= 11 is 0. The van der Waals surface area contributed by atoms with Crippen molar-refractivity contribution in [3.05, 3.63) is 48.0 Å². The number of nitrogens with one attached hydrogen (secondary N) is 1. The van der Waals surface area contributed by atoms with E-state index in [2.05, 4.69) is 5.32 Å². The average Bonchev–Trinajstić information content (AvgIpc) is 3.19. The first-order valence-electron chi connectivity index (χ1n) is 10.3. The Labute approximate surface area is 183 Å². The monoisotopic (exact) mass is 432 g/mol. The Balaban J connectivity index is 2.11. The maximum absolute atomic E-state index is 12.9. The van der Waals surface area contributed by atoms with E-state index < -0.39 is 41.3 Å². The minimum atomic E-state index is -1.54. The molecule has 0 saturated carbocycles. The molecular weight excluding hydrogens is 400 g/mol. The summed E-state index contributed by atoms with van der Waals surface area (Å²) in [5.41, 5.74) is -1.47. The zero-order chi connectivity index (χ0) is 23.2. The lowest BCUT2D eigenvalue weighted by Crippen LogP contribution is -2.59. The van der Waals surface area contributed by atoms with Gasteiger partial charge in [-0.2, -0.15) is 0 Å². The Bertz CT molecular complexity index is 813. The fourth-order valence-electron chi connectivity index (χ4n) is 2.97. The Morgan fingerprint density at radius 1 is 1.19 bits per heavy atom. The maximum atomic E-state index is 12.9. The van der Waals surface area contributed by atoms with Crippen LogP contribution < -0.4 is 5.32 Å². The molecule has 0 unspecified atom stereocenters. The van der Waals surface area contributed by atoms with Crippen LogP contribution in [0.2, 0.25) is 0 Å². The molecule has 0 aliphatic carbocycles. The molecule has 0 spiro atoms. The molecule has 0 bridgehead atoms. The van der Waals surface area contributed by atoms with Crippen molar-refractivity contribution < 1.29 is 29.0 Å². The van der Waals surface area contributed by atoms with Crippen molar-refractivity contribution in [2.75, 3.05) is 6.54 Å². The van der Waals surface area contributed by atoms with Crippen molar-refractivity contribution in [1.29, 1.82) is 0 Å². The number of benzene rings is 1. The second-order valence-corrected chi connectivity index (χ2v) is 8.75. The molecule has 8 heteroatoms. The summed E-state index contributed by atoms with van der Waals surface area (Å²) in [5.74, 6) is -1.36. The molecule has 3 atom stereocenters. The molecule has 1 aromatic carbocycles. The van der Waals surface area contributed by atoms with Crippen molar-refractivity contribution in [3.63, 3.8) is 0 Å². The lowest BCUT2D eigenvalue weighted by molar-refractivity contribution is -0.157. The zero-order valence-electron chi connectivity index (χ0n) is 18.8. The normalized spacial score (nSPS) is 18.8. The Hall–Kier alpha value is -2.87. The standard InChI is InChI=1S/C23H32N2O6/c1-6-23(5,29)18(20(27)30-15-16-11-8-7-9-12-16)24-19(26)17-13-10-14-25(17)21(28)31-22(2,3)4/h7-13,17-18,29H,6,14-15H2,1-5H3,(H,24,26)/t17-,18+,23+/m0/s1. The molecule has 0 saturated heterocycles. The molecule has 8 nitrogen and oxygen atoms in total. The number of hydrogen-bond acceptors (Lipinski definition) is 6. The molecule has 0 aromatic heterocycles. The fraction of sp³-hybridized carbons (Fsp3) is 0.522. The van der Waals surface area contributed by atoms with Gasteiger partial charge in [-0.15, -0.1) is 0 Å². The van der Waals surface area contributed by atoms with Crippen LogP contribution in [0.3, 0.4) is 0 Å². The second kappa shape index (κ2) is 9.96. The van der Waals surface area contributed by atoms with Crippen LogP contribution in [0.5, 0.6) is 0 Å². The summed E-state index contributed by atoms with van der Waals surface area (Å²) in [6.07, 6.45) is 2.80. The van der Waals surface area contributed by atoms with Gasteiger partial charge in [0.25, 0.3) is 0 Å². The van der Waals surface area contributed by atoms with Crippen molar-refractivity contribution in [1.82, 2.24) is 10.2 Å². The summed E-state index contributed by atoms with van der Waals surface area (Å²) < 4.78 is 10.7. The SMILES string of the molecule is CC[C@@](C)(O)[C@H](NC(=O)[C@@H]1C=CCN1C(=O)OC(C)(C)C)C(=O)OCc1ccccc1. The molecule has 1 aliphatic rings. The van der Waals surface area contributed by atoms with E-state index in [4.69, 9.17) is 9.47 Å². The molecule has 2 N–H and O–H groups in total. The zero-order valence-corrected chi connectivity index (χ0v) is 18.8. The van der Waals surface area contributed by atoms with Crippen molar-refractivity contribution in [2.45, 2.75) is 70.9 Å². The average molecular weight is 433 g/mol. The molecular formula is C23H32N2O6. The van der Waals surface area contributed by atoms with Gasteiger partial charge in [0.05, 0.1) is 5.60 Å². The highest BCUT2D eigenvalue weighted by Crippen LogP contribution is 2.20. The molecule has 1 aromatic rings. The second-order valence-electron chi connectivity index (χ2n) is 8.75. The van der Waals surface area contributed by atoms with E-state index in [1.807, 2.05) is 18.2 Å². The van der Waals surface area contributed by atoms with Gasteiger partial charge >= 0.3 is 12.1 Å². The number of ether oxygens (including phenoxy) is 2. The van der Waals surface area contributed by atoms with Gasteiger partial charge in [-0.25, -0.2) is 9.59 Å². The van der Waals surface area contributed by atoms with Gasteiger partial charge in [0.2, 0.25) is 5.91 Å². The summed E-state index contributed by atoms with van der Waals surface area (Å²) in [6, 6.07) is 6.85. The first-order chi connectivity index (χ1) is 14.4. The maximum Gasteiger partial charge on any atom is 0.411 e. The minimum absolute atomic E-state index is 0.0131. The number of carbonyl (C=O) groups excluding carboxylic acids is 3. The quantitative estimate of drug-likeness (QED) is 0.507. The first-order valence-corrected chi connectivity index (χ1v) is 10.3. The molecule has 2 rings (SSSR count). The molecule has 1 aliphatic heterocycles. The van der Waals surface area contributed by atoms with Crippen LogP contribution >= 0.6 is 0 Å². The van der Waals surface area contributed by atoms with Crippen LogP contribution in [0.15, 0.2) is 42.5 Å². The Morgan fingerprint density at radius 3 is 2.42 bits per heavy atom. The van der Waals surface area contributed by atoms with Crippen LogP contribution in [-0.2, 0) is 25.7 Å². The third kappa shape index (κ3) is 6.82. The highest BCUT2D eigenvalue weighted by Gasteiger charge is 2.41. The van der Waals surface area contributed by atoms with E-state index in [-0.39, 0.29) is 19.6 Å². The van der Waals surface area contributed by atoms with Crippen molar-refractivity contribution in [3.8, 4) is 0 Å². The van der Waals surface area contributed by atoms with Crippen molar-refractivity contribution >= 4 is 18.0 Å². The van der Waals surface area contributed by atoms with Crippen LogP contribution in [-0.4, -0.2) is 57.8 Å². The number of nitrogens with zero attached hydrogens (tertiary/aromatic N) is 1. The van der Waals surface area contributed by atoms with E-state index in [1.54, 1.807) is 52.0 Å². The van der Waals surface area contributed by atoms with Crippen molar-refractivity contribution in [2.24, 2.45) is 0 Å². The van der Waals surface area contributed by atoms with Crippen LogP contribution in [0.25, 0.3) is 0 Å². The molecule has 1 heterocycles. The van der Waals surface area contributed by atoms with E-state index in [0.717, 1.165) is 5.56 Å². The number of amides is 2. The molecule has 0 fully saturated rings. The van der Waals surface area contributed by atoms with Crippen LogP contribution in [0, 0.1) is 0 Å². The highest BCUT2D eigenvalue weighted by molar-refractivity contribution is 5.92. The van der Waals surface area contributed by atoms with E-state index in [1.165, 1.54) is 11.8 Å².